The fourth-order valence-corrected chi connectivity index (χ4v) is 2.69. The van der Waals surface area contributed by atoms with Crippen LogP contribution >= 0.6 is 11.3 Å². The number of aromatic nitrogens is 1. The summed E-state index contributed by atoms with van der Waals surface area (Å²) in [5.74, 6) is -0.348. The maximum absolute atomic E-state index is 11.4. The Morgan fingerprint density at radius 1 is 1.56 bits per heavy atom. The Bertz CT molecular complexity index is 496. The molecule has 18 heavy (non-hydrogen) atoms. The Morgan fingerprint density at radius 2 is 2.28 bits per heavy atom. The zero-order valence-corrected chi connectivity index (χ0v) is 11.9. The van der Waals surface area contributed by atoms with Gasteiger partial charge < -0.3 is 4.74 Å². The average Bonchev–Trinajstić information content (AvgIpc) is 2.63. The lowest BCUT2D eigenvalue weighted by Crippen LogP contribution is -2.11. The number of thiazole rings is 1. The first kappa shape index (κ1) is 14.9. The molecule has 0 saturated heterocycles. The molecule has 0 aliphatic heterocycles. The van der Waals surface area contributed by atoms with Gasteiger partial charge in [0.2, 0.25) is 10.0 Å². The third kappa shape index (κ3) is 5.97. The van der Waals surface area contributed by atoms with E-state index in [1.54, 1.807) is 5.38 Å². The number of nitrogens with zero attached hydrogens (tertiary/aromatic N) is 1. The molecular weight excluding hydrogens is 276 g/mol. The summed E-state index contributed by atoms with van der Waals surface area (Å²) in [7, 11) is -3.33. The van der Waals surface area contributed by atoms with Crippen LogP contribution in [0.25, 0.3) is 0 Å². The van der Waals surface area contributed by atoms with Crippen LogP contribution in [0.2, 0.25) is 0 Å². The molecule has 0 amide bonds. The molecule has 8 heteroatoms. The van der Waals surface area contributed by atoms with Crippen LogP contribution in [0, 0.1) is 0 Å². The van der Waals surface area contributed by atoms with Crippen LogP contribution in [0.5, 0.6) is 0 Å². The lowest BCUT2D eigenvalue weighted by molar-refractivity contribution is -0.142. The first-order valence-corrected chi connectivity index (χ1v) is 8.25. The summed E-state index contributed by atoms with van der Waals surface area (Å²) >= 11 is 1.14. The largest absolute Gasteiger partial charge is 0.465 e. The minimum atomic E-state index is -3.33. The Morgan fingerprint density at radius 3 is 2.89 bits per heavy atom. The van der Waals surface area contributed by atoms with Gasteiger partial charge in [-0.1, -0.05) is 13.3 Å². The zero-order valence-electron chi connectivity index (χ0n) is 10.3. The molecule has 0 atom stereocenters. The molecule has 0 unspecified atom stereocenters. The van der Waals surface area contributed by atoms with Crippen molar-refractivity contribution < 1.29 is 17.9 Å². The molecule has 1 N–H and O–H groups in total. The van der Waals surface area contributed by atoms with Crippen LogP contribution in [-0.2, 0) is 26.0 Å². The molecule has 0 saturated carbocycles. The van der Waals surface area contributed by atoms with Crippen molar-refractivity contribution in [1.29, 1.82) is 0 Å². The van der Waals surface area contributed by atoms with Gasteiger partial charge in [0.25, 0.3) is 0 Å². The van der Waals surface area contributed by atoms with Gasteiger partial charge in [0.1, 0.15) is 0 Å². The summed E-state index contributed by atoms with van der Waals surface area (Å²) in [6.07, 6.45) is 2.91. The first-order valence-electron chi connectivity index (χ1n) is 5.48. The summed E-state index contributed by atoms with van der Waals surface area (Å²) in [5, 5.41) is 1.89. The van der Waals surface area contributed by atoms with Crippen molar-refractivity contribution in [2.45, 2.75) is 26.2 Å². The number of ether oxygens (including phenoxy) is 1. The molecule has 6 nitrogen and oxygen atoms in total. The third-order valence-corrected chi connectivity index (χ3v) is 3.41. The highest BCUT2D eigenvalue weighted by molar-refractivity contribution is 7.92. The van der Waals surface area contributed by atoms with Crippen molar-refractivity contribution in [1.82, 2.24) is 4.98 Å². The molecule has 0 bridgehead atoms. The number of sulfonamides is 1. The van der Waals surface area contributed by atoms with E-state index in [1.807, 2.05) is 6.92 Å². The van der Waals surface area contributed by atoms with E-state index >= 15 is 0 Å². The molecule has 0 radical (unpaired) electrons. The first-order chi connectivity index (χ1) is 8.40. The van der Waals surface area contributed by atoms with Gasteiger partial charge in [0, 0.05) is 5.38 Å². The van der Waals surface area contributed by atoms with Gasteiger partial charge in [-0.3, -0.25) is 9.52 Å². The maximum Gasteiger partial charge on any atom is 0.311 e. The third-order valence-electron chi connectivity index (χ3n) is 1.91. The quantitative estimate of drug-likeness (QED) is 0.606. The predicted octanol–water partition coefficient (Wildman–Crippen LogP) is 1.40. The van der Waals surface area contributed by atoms with Gasteiger partial charge in [-0.25, -0.2) is 13.4 Å². The van der Waals surface area contributed by atoms with Crippen LogP contribution < -0.4 is 4.72 Å². The van der Waals surface area contributed by atoms with Crippen molar-refractivity contribution in [2.75, 3.05) is 17.6 Å². The summed E-state index contributed by atoms with van der Waals surface area (Å²) in [6.45, 7) is 2.42. The summed E-state index contributed by atoms with van der Waals surface area (Å²) in [6, 6.07) is 0. The molecule has 1 aromatic rings. The fourth-order valence-electron chi connectivity index (χ4n) is 1.12. The molecular formula is C10H16N2O4S2. The molecule has 0 spiro atoms. The van der Waals surface area contributed by atoms with Gasteiger partial charge in [0.05, 0.1) is 25.0 Å². The van der Waals surface area contributed by atoms with Gasteiger partial charge >= 0.3 is 5.97 Å². The van der Waals surface area contributed by atoms with Crippen molar-refractivity contribution in [3.05, 3.63) is 11.1 Å². The maximum atomic E-state index is 11.4. The second kappa shape index (κ2) is 6.69. The summed E-state index contributed by atoms with van der Waals surface area (Å²) < 4.78 is 29.2. The van der Waals surface area contributed by atoms with Crippen LogP contribution in [0.3, 0.4) is 0 Å². The van der Waals surface area contributed by atoms with E-state index < -0.39 is 10.0 Å². The van der Waals surface area contributed by atoms with Crippen molar-refractivity contribution in [2.24, 2.45) is 0 Å². The van der Waals surface area contributed by atoms with E-state index in [0.717, 1.165) is 30.4 Å². The van der Waals surface area contributed by atoms with E-state index in [4.69, 9.17) is 4.74 Å². The zero-order chi connectivity index (χ0) is 13.6. The van der Waals surface area contributed by atoms with E-state index in [-0.39, 0.29) is 17.5 Å². The van der Waals surface area contributed by atoms with Crippen molar-refractivity contribution >= 4 is 32.5 Å². The number of hydrogen-bond acceptors (Lipinski definition) is 6. The number of carbonyl (C=O) groups is 1. The van der Waals surface area contributed by atoms with E-state index in [1.165, 1.54) is 0 Å². The van der Waals surface area contributed by atoms with E-state index in [2.05, 4.69) is 9.71 Å². The number of hydrogen-bond donors (Lipinski definition) is 1. The molecule has 0 aromatic carbocycles. The molecule has 0 aliphatic carbocycles. The predicted molar refractivity (Wildman–Crippen MR) is 70.2 cm³/mol. The van der Waals surface area contributed by atoms with Gasteiger partial charge in [-0.2, -0.15) is 0 Å². The Kier molecular flexibility index (Phi) is 5.54. The highest BCUT2D eigenvalue weighted by Gasteiger charge is 2.10. The van der Waals surface area contributed by atoms with Crippen LogP contribution in [-0.4, -0.2) is 32.2 Å². The van der Waals surface area contributed by atoms with Gasteiger partial charge in [-0.15, -0.1) is 11.3 Å². The summed E-state index contributed by atoms with van der Waals surface area (Å²) in [5.41, 5.74) is 0.507. The highest BCUT2D eigenvalue weighted by Crippen LogP contribution is 2.17. The van der Waals surface area contributed by atoms with Crippen molar-refractivity contribution in [3.8, 4) is 0 Å². The van der Waals surface area contributed by atoms with Crippen LogP contribution in [0.15, 0.2) is 5.38 Å². The van der Waals surface area contributed by atoms with E-state index in [0.29, 0.717) is 12.3 Å². The number of unbranched alkanes of at least 4 members (excludes halogenated alkanes) is 1. The average molecular weight is 292 g/mol. The van der Waals surface area contributed by atoms with E-state index in [9.17, 15) is 13.2 Å². The number of rotatable bonds is 7. The molecule has 102 valence electrons. The molecule has 1 rings (SSSR count). The molecule has 1 heterocycles. The Balaban J connectivity index is 2.46. The minimum Gasteiger partial charge on any atom is -0.465 e. The van der Waals surface area contributed by atoms with Gasteiger partial charge in [0.15, 0.2) is 5.13 Å². The molecule has 1 aromatic heterocycles. The monoisotopic (exact) mass is 292 g/mol. The Hall–Kier alpha value is -1.15. The second-order valence-corrected chi connectivity index (χ2v) is 6.38. The second-order valence-electron chi connectivity index (χ2n) is 3.77. The van der Waals surface area contributed by atoms with Crippen molar-refractivity contribution in [3.63, 3.8) is 0 Å². The number of esters is 1. The Labute approximate surface area is 110 Å². The van der Waals surface area contributed by atoms with Crippen LogP contribution in [0.1, 0.15) is 25.5 Å². The standard InChI is InChI=1S/C10H16N2O4S2/c1-3-4-5-16-9(13)6-8-7-17-10(11-8)12-18(2,14)15/h7H,3-6H2,1-2H3,(H,11,12). The highest BCUT2D eigenvalue weighted by atomic mass is 32.2. The van der Waals surface area contributed by atoms with Crippen LogP contribution in [0.4, 0.5) is 5.13 Å². The fraction of sp³-hybridized carbons (Fsp3) is 0.600. The van der Waals surface area contributed by atoms with Gasteiger partial charge in [-0.05, 0) is 6.42 Å². The topological polar surface area (TPSA) is 85.4 Å². The normalized spacial score (nSPS) is 11.2. The number of carbonyl (C=O) groups excluding carboxylic acids is 1. The number of anilines is 1. The minimum absolute atomic E-state index is 0.0612. The molecule has 0 fully saturated rings. The molecule has 0 aliphatic rings. The lowest BCUT2D eigenvalue weighted by atomic mass is 10.3. The smallest absolute Gasteiger partial charge is 0.311 e. The summed E-state index contributed by atoms with van der Waals surface area (Å²) in [4.78, 5) is 15.4. The lowest BCUT2D eigenvalue weighted by Gasteiger charge is -2.01. The number of nitrogens with one attached hydrogen (secondary N) is 1. The SMILES string of the molecule is CCCCOC(=O)Cc1csc(NS(C)(=O)=O)n1.